The maximum absolute atomic E-state index is 12.3. The fourth-order valence-electron chi connectivity index (χ4n) is 2.73. The summed E-state index contributed by atoms with van der Waals surface area (Å²) in [6, 6.07) is 10.7. The molecule has 1 aliphatic heterocycles. The Morgan fingerprint density at radius 3 is 2.31 bits per heavy atom. The number of nitro groups is 1. The molecule has 0 saturated heterocycles. The van der Waals surface area contributed by atoms with Crippen LogP contribution in [0.2, 0.25) is 0 Å². The molecule has 3 amide bonds. The van der Waals surface area contributed by atoms with Crippen molar-refractivity contribution in [3.8, 4) is 0 Å². The van der Waals surface area contributed by atoms with Crippen molar-refractivity contribution in [3.63, 3.8) is 0 Å². The summed E-state index contributed by atoms with van der Waals surface area (Å²) in [5.41, 5.74) is 1.52. The van der Waals surface area contributed by atoms with E-state index in [9.17, 15) is 24.5 Å². The largest absolute Gasteiger partial charge is 0.326 e. The third kappa shape index (κ3) is 3.16. The standard InChI is InChI=1S/C18H15N3O5/c1-11-6-7-12(21(25)26)10-15(11)19-16(22)8-9-20-17(23)13-4-2-3-5-14(13)18(20)24/h2-7,10H,8-9H2,1H3,(H,19,22). The third-order valence-electron chi connectivity index (χ3n) is 4.15. The average molecular weight is 353 g/mol. The molecule has 3 rings (SSSR count). The molecule has 0 atom stereocenters. The van der Waals surface area contributed by atoms with Gasteiger partial charge in [-0.05, 0) is 24.6 Å². The molecule has 1 heterocycles. The van der Waals surface area contributed by atoms with Crippen molar-refractivity contribution >= 4 is 29.1 Å². The predicted octanol–water partition coefficient (Wildman–Crippen LogP) is 2.53. The number of non-ortho nitro benzene ring substituents is 1. The van der Waals surface area contributed by atoms with Crippen molar-refractivity contribution in [1.29, 1.82) is 0 Å². The second-order valence-corrected chi connectivity index (χ2v) is 5.86. The minimum Gasteiger partial charge on any atom is -0.326 e. The van der Waals surface area contributed by atoms with E-state index in [0.29, 0.717) is 22.4 Å². The number of aryl methyl sites for hydroxylation is 1. The van der Waals surface area contributed by atoms with Gasteiger partial charge in [-0.25, -0.2) is 0 Å². The molecular formula is C18H15N3O5. The summed E-state index contributed by atoms with van der Waals surface area (Å²) in [4.78, 5) is 48.0. The van der Waals surface area contributed by atoms with Gasteiger partial charge in [-0.2, -0.15) is 0 Å². The maximum atomic E-state index is 12.3. The summed E-state index contributed by atoms with van der Waals surface area (Å²) < 4.78 is 0. The molecular weight excluding hydrogens is 338 g/mol. The Morgan fingerprint density at radius 1 is 1.12 bits per heavy atom. The summed E-state index contributed by atoms with van der Waals surface area (Å²) in [5, 5.41) is 13.4. The number of hydrogen-bond acceptors (Lipinski definition) is 5. The van der Waals surface area contributed by atoms with E-state index < -0.39 is 22.6 Å². The Kier molecular flexibility index (Phi) is 4.49. The molecule has 0 spiro atoms. The van der Waals surface area contributed by atoms with Crippen LogP contribution in [0.15, 0.2) is 42.5 Å². The van der Waals surface area contributed by atoms with Gasteiger partial charge in [-0.3, -0.25) is 29.4 Å². The smallest absolute Gasteiger partial charge is 0.271 e. The predicted molar refractivity (Wildman–Crippen MR) is 92.9 cm³/mol. The van der Waals surface area contributed by atoms with Crippen LogP contribution in [0.1, 0.15) is 32.7 Å². The lowest BCUT2D eigenvalue weighted by Gasteiger charge is -2.14. The van der Waals surface area contributed by atoms with Crippen LogP contribution in [-0.2, 0) is 4.79 Å². The summed E-state index contributed by atoms with van der Waals surface area (Å²) in [6.45, 7) is 1.65. The minimum absolute atomic E-state index is 0.0633. The maximum Gasteiger partial charge on any atom is 0.271 e. The van der Waals surface area contributed by atoms with Gasteiger partial charge in [0.15, 0.2) is 0 Å². The zero-order chi connectivity index (χ0) is 18.8. The fraction of sp³-hybridized carbons (Fsp3) is 0.167. The summed E-state index contributed by atoms with van der Waals surface area (Å²) >= 11 is 0. The number of hydrogen-bond donors (Lipinski definition) is 1. The van der Waals surface area contributed by atoms with Crippen LogP contribution < -0.4 is 5.32 Å². The molecule has 0 radical (unpaired) electrons. The van der Waals surface area contributed by atoms with Gasteiger partial charge < -0.3 is 5.32 Å². The normalized spacial score (nSPS) is 12.9. The van der Waals surface area contributed by atoms with Crippen LogP contribution in [0.3, 0.4) is 0 Å². The molecule has 0 bridgehead atoms. The van der Waals surface area contributed by atoms with Gasteiger partial charge in [0.1, 0.15) is 0 Å². The molecule has 0 unspecified atom stereocenters. The lowest BCUT2D eigenvalue weighted by atomic mass is 10.1. The van der Waals surface area contributed by atoms with E-state index in [1.165, 1.54) is 18.2 Å². The number of rotatable bonds is 5. The van der Waals surface area contributed by atoms with Crippen molar-refractivity contribution < 1.29 is 19.3 Å². The number of anilines is 1. The highest BCUT2D eigenvalue weighted by Crippen LogP contribution is 2.24. The number of nitrogens with one attached hydrogen (secondary N) is 1. The lowest BCUT2D eigenvalue weighted by Crippen LogP contribution is -2.32. The fourth-order valence-corrected chi connectivity index (χ4v) is 2.73. The van der Waals surface area contributed by atoms with E-state index in [4.69, 9.17) is 0 Å². The van der Waals surface area contributed by atoms with Gasteiger partial charge in [0.05, 0.1) is 21.7 Å². The van der Waals surface area contributed by atoms with Gasteiger partial charge in [0.2, 0.25) is 5.91 Å². The highest BCUT2D eigenvalue weighted by Gasteiger charge is 2.34. The molecule has 8 nitrogen and oxygen atoms in total. The van der Waals surface area contributed by atoms with E-state index in [2.05, 4.69) is 5.32 Å². The number of nitrogens with zero attached hydrogens (tertiary/aromatic N) is 2. The van der Waals surface area contributed by atoms with E-state index in [-0.39, 0.29) is 18.7 Å². The highest BCUT2D eigenvalue weighted by atomic mass is 16.6. The number of imide groups is 1. The SMILES string of the molecule is Cc1ccc([N+](=O)[O-])cc1NC(=O)CCN1C(=O)c2ccccc2C1=O. The zero-order valence-corrected chi connectivity index (χ0v) is 13.9. The van der Waals surface area contributed by atoms with Gasteiger partial charge >= 0.3 is 0 Å². The minimum atomic E-state index is -0.548. The Balaban J connectivity index is 1.66. The van der Waals surface area contributed by atoms with Crippen molar-refractivity contribution in [3.05, 3.63) is 69.3 Å². The van der Waals surface area contributed by atoms with Crippen LogP contribution >= 0.6 is 0 Å². The van der Waals surface area contributed by atoms with Gasteiger partial charge in [0, 0.05) is 25.1 Å². The monoisotopic (exact) mass is 353 g/mol. The highest BCUT2D eigenvalue weighted by molar-refractivity contribution is 6.21. The molecule has 1 aliphatic rings. The number of benzene rings is 2. The first kappa shape index (κ1) is 17.3. The zero-order valence-electron chi connectivity index (χ0n) is 13.9. The first-order valence-corrected chi connectivity index (χ1v) is 7.88. The number of carbonyl (C=O) groups excluding carboxylic acids is 3. The van der Waals surface area contributed by atoms with Crippen molar-refractivity contribution in [2.24, 2.45) is 0 Å². The number of fused-ring (bicyclic) bond motifs is 1. The van der Waals surface area contributed by atoms with Gasteiger partial charge in [-0.1, -0.05) is 18.2 Å². The van der Waals surface area contributed by atoms with Crippen LogP contribution in [0.5, 0.6) is 0 Å². The average Bonchev–Trinajstić information content (AvgIpc) is 2.86. The molecule has 1 N–H and O–H groups in total. The van der Waals surface area contributed by atoms with Gasteiger partial charge in [0.25, 0.3) is 17.5 Å². The molecule has 132 valence electrons. The van der Waals surface area contributed by atoms with Crippen molar-refractivity contribution in [2.45, 2.75) is 13.3 Å². The van der Waals surface area contributed by atoms with E-state index >= 15 is 0 Å². The first-order valence-electron chi connectivity index (χ1n) is 7.88. The molecule has 26 heavy (non-hydrogen) atoms. The Hall–Kier alpha value is -3.55. The molecule has 0 aliphatic carbocycles. The summed E-state index contributed by atoms with van der Waals surface area (Å²) in [7, 11) is 0. The Bertz CT molecular complexity index is 903. The molecule has 0 saturated carbocycles. The third-order valence-corrected chi connectivity index (χ3v) is 4.15. The quantitative estimate of drug-likeness (QED) is 0.504. The van der Waals surface area contributed by atoms with Crippen LogP contribution in [0.25, 0.3) is 0 Å². The van der Waals surface area contributed by atoms with Crippen LogP contribution in [0, 0.1) is 17.0 Å². The van der Waals surface area contributed by atoms with Crippen molar-refractivity contribution in [2.75, 3.05) is 11.9 Å². The second-order valence-electron chi connectivity index (χ2n) is 5.86. The first-order chi connectivity index (χ1) is 12.4. The molecule has 8 heteroatoms. The summed E-state index contributed by atoms with van der Waals surface area (Å²) in [6.07, 6.45) is -0.104. The Morgan fingerprint density at radius 2 is 1.73 bits per heavy atom. The van der Waals surface area contributed by atoms with E-state index in [0.717, 1.165) is 4.90 Å². The van der Waals surface area contributed by atoms with Crippen molar-refractivity contribution in [1.82, 2.24) is 4.90 Å². The van der Waals surface area contributed by atoms with Crippen LogP contribution in [-0.4, -0.2) is 34.1 Å². The second kappa shape index (κ2) is 6.75. The number of amides is 3. The van der Waals surface area contributed by atoms with E-state index in [1.54, 1.807) is 31.2 Å². The topological polar surface area (TPSA) is 110 Å². The van der Waals surface area contributed by atoms with Crippen LogP contribution in [0.4, 0.5) is 11.4 Å². The Labute approximate surface area is 148 Å². The molecule has 2 aromatic rings. The summed E-state index contributed by atoms with van der Waals surface area (Å²) in [5.74, 6) is -1.29. The number of nitro benzene ring substituents is 1. The van der Waals surface area contributed by atoms with Gasteiger partial charge in [-0.15, -0.1) is 0 Å². The van der Waals surface area contributed by atoms with E-state index in [1.807, 2.05) is 0 Å². The molecule has 0 aromatic heterocycles. The lowest BCUT2D eigenvalue weighted by molar-refractivity contribution is -0.384. The number of carbonyl (C=O) groups is 3. The molecule has 0 fully saturated rings. The molecule has 2 aromatic carbocycles.